The molecule has 26 heavy (non-hydrogen) atoms. The quantitative estimate of drug-likeness (QED) is 0.376. The number of para-hydroxylation sites is 1. The van der Waals surface area contributed by atoms with Crippen molar-refractivity contribution in [3.05, 3.63) is 70.5 Å². The van der Waals surface area contributed by atoms with Crippen molar-refractivity contribution in [1.82, 2.24) is 15.0 Å². The number of hydrogen-bond donors (Lipinski definition) is 2. The van der Waals surface area contributed by atoms with Gasteiger partial charge in [0, 0.05) is 4.47 Å². The molecule has 0 radical (unpaired) electrons. The van der Waals surface area contributed by atoms with Crippen molar-refractivity contribution in [2.45, 2.75) is 13.8 Å². The van der Waals surface area contributed by atoms with E-state index in [0.717, 1.165) is 15.8 Å². The van der Waals surface area contributed by atoms with Gasteiger partial charge in [0.1, 0.15) is 5.69 Å². The number of benzene rings is 2. The Hall–Kier alpha value is -3.00. The third-order valence-corrected chi connectivity index (χ3v) is 4.11. The molecule has 0 fully saturated rings. The predicted molar refractivity (Wildman–Crippen MR) is 105 cm³/mol. The van der Waals surface area contributed by atoms with Gasteiger partial charge in [-0.3, -0.25) is 5.43 Å². The Morgan fingerprint density at radius 1 is 1.12 bits per heavy atom. The highest BCUT2D eigenvalue weighted by Crippen LogP contribution is 2.16. The van der Waals surface area contributed by atoms with E-state index >= 15 is 0 Å². The van der Waals surface area contributed by atoms with Crippen LogP contribution < -0.4 is 5.43 Å². The zero-order chi connectivity index (χ0) is 18.5. The lowest BCUT2D eigenvalue weighted by atomic mass is 10.1. The SMILES string of the molecule is CC(=N\Nc1cccc(Br)c1)/C(=N\O)c1nn(-c2ccccc2)nc1C. The summed E-state index contributed by atoms with van der Waals surface area (Å²) in [6.45, 7) is 3.54. The third kappa shape index (κ3) is 3.97. The van der Waals surface area contributed by atoms with E-state index < -0.39 is 0 Å². The number of oxime groups is 1. The maximum Gasteiger partial charge on any atom is 0.155 e. The molecule has 0 spiro atoms. The molecule has 0 unspecified atom stereocenters. The van der Waals surface area contributed by atoms with Crippen LogP contribution in [0.5, 0.6) is 0 Å². The number of halogens is 1. The fourth-order valence-corrected chi connectivity index (χ4v) is 2.72. The zero-order valence-electron chi connectivity index (χ0n) is 14.3. The van der Waals surface area contributed by atoms with Crippen LogP contribution in [0, 0.1) is 6.92 Å². The van der Waals surface area contributed by atoms with Gasteiger partial charge in [-0.25, -0.2) is 0 Å². The second-order valence-corrected chi connectivity index (χ2v) is 6.44. The van der Waals surface area contributed by atoms with Gasteiger partial charge in [-0.05, 0) is 44.2 Å². The molecule has 2 N–H and O–H groups in total. The number of hydrazone groups is 1. The van der Waals surface area contributed by atoms with E-state index in [1.807, 2.05) is 61.5 Å². The van der Waals surface area contributed by atoms with Crippen molar-refractivity contribution in [3.8, 4) is 5.69 Å². The molecule has 0 aliphatic rings. The number of aromatic nitrogens is 3. The van der Waals surface area contributed by atoms with Crippen molar-refractivity contribution in [2.75, 3.05) is 5.43 Å². The summed E-state index contributed by atoms with van der Waals surface area (Å²) in [5.41, 5.74) is 6.41. The minimum atomic E-state index is 0.257. The minimum Gasteiger partial charge on any atom is -0.410 e. The summed E-state index contributed by atoms with van der Waals surface area (Å²) in [6.07, 6.45) is 0. The first-order chi connectivity index (χ1) is 12.6. The molecular formula is C18H17BrN6O. The van der Waals surface area contributed by atoms with Crippen LogP contribution in [0.2, 0.25) is 0 Å². The monoisotopic (exact) mass is 412 g/mol. The first kappa shape index (κ1) is 17.8. The summed E-state index contributed by atoms with van der Waals surface area (Å²) in [7, 11) is 0. The Bertz CT molecular complexity index is 965. The topological polar surface area (TPSA) is 87.7 Å². The lowest BCUT2D eigenvalue weighted by molar-refractivity contribution is 0.320. The van der Waals surface area contributed by atoms with Gasteiger partial charge < -0.3 is 5.21 Å². The van der Waals surface area contributed by atoms with Crippen LogP contribution in [-0.2, 0) is 0 Å². The molecule has 2 aromatic carbocycles. The van der Waals surface area contributed by atoms with Gasteiger partial charge in [-0.2, -0.15) is 15.0 Å². The van der Waals surface area contributed by atoms with E-state index in [4.69, 9.17) is 0 Å². The van der Waals surface area contributed by atoms with Gasteiger partial charge in [-0.1, -0.05) is 45.4 Å². The van der Waals surface area contributed by atoms with Crippen LogP contribution in [0.1, 0.15) is 18.3 Å². The van der Waals surface area contributed by atoms with Crippen molar-refractivity contribution in [2.24, 2.45) is 10.3 Å². The maximum atomic E-state index is 9.49. The lowest BCUT2D eigenvalue weighted by Crippen LogP contribution is -2.16. The van der Waals surface area contributed by atoms with Gasteiger partial charge in [0.05, 0.1) is 22.8 Å². The molecule has 0 aliphatic carbocycles. The molecule has 0 bridgehead atoms. The second-order valence-electron chi connectivity index (χ2n) is 5.53. The molecule has 7 nitrogen and oxygen atoms in total. The van der Waals surface area contributed by atoms with Crippen LogP contribution in [0.15, 0.2) is 69.3 Å². The first-order valence-corrected chi connectivity index (χ1v) is 8.66. The normalized spacial score (nSPS) is 12.3. The Labute approximate surface area is 159 Å². The summed E-state index contributed by atoms with van der Waals surface area (Å²) >= 11 is 3.41. The molecule has 1 heterocycles. The van der Waals surface area contributed by atoms with Crippen molar-refractivity contribution in [1.29, 1.82) is 0 Å². The van der Waals surface area contributed by atoms with E-state index in [9.17, 15) is 5.21 Å². The van der Waals surface area contributed by atoms with Crippen LogP contribution in [0.3, 0.4) is 0 Å². The lowest BCUT2D eigenvalue weighted by Gasteiger charge is -2.04. The molecule has 3 aromatic rings. The molecule has 1 aromatic heterocycles. The summed E-state index contributed by atoms with van der Waals surface area (Å²) in [6, 6.07) is 17.1. The van der Waals surface area contributed by atoms with Crippen molar-refractivity contribution >= 4 is 33.0 Å². The number of aryl methyl sites for hydroxylation is 1. The number of anilines is 1. The number of nitrogens with one attached hydrogen (secondary N) is 1. The Morgan fingerprint density at radius 3 is 2.58 bits per heavy atom. The standard InChI is InChI=1S/C18H17BrN6O/c1-12(20-21-15-8-6-7-14(19)11-15)18(24-26)17-13(2)22-25(23-17)16-9-4-3-5-10-16/h3-11,21,26H,1-2H3/b20-12+,24-18+. The third-order valence-electron chi connectivity index (χ3n) is 3.61. The van der Waals surface area contributed by atoms with Gasteiger partial charge in [0.2, 0.25) is 0 Å². The molecule has 0 saturated carbocycles. The summed E-state index contributed by atoms with van der Waals surface area (Å²) in [5, 5.41) is 26.0. The number of nitrogens with zero attached hydrogens (tertiary/aromatic N) is 5. The Morgan fingerprint density at radius 2 is 1.88 bits per heavy atom. The van der Waals surface area contributed by atoms with Crippen molar-refractivity contribution in [3.63, 3.8) is 0 Å². The summed E-state index contributed by atoms with van der Waals surface area (Å²) in [4.78, 5) is 1.50. The fraction of sp³-hybridized carbons (Fsp3) is 0.111. The molecule has 0 amide bonds. The number of rotatable bonds is 5. The molecule has 8 heteroatoms. The largest absolute Gasteiger partial charge is 0.410 e. The van der Waals surface area contributed by atoms with Crippen LogP contribution in [0.4, 0.5) is 5.69 Å². The maximum absolute atomic E-state index is 9.49. The van der Waals surface area contributed by atoms with Gasteiger partial charge in [-0.15, -0.1) is 5.10 Å². The smallest absolute Gasteiger partial charge is 0.155 e. The predicted octanol–water partition coefficient (Wildman–Crippen LogP) is 4.00. The minimum absolute atomic E-state index is 0.257. The highest BCUT2D eigenvalue weighted by molar-refractivity contribution is 9.10. The molecule has 3 rings (SSSR count). The van der Waals surface area contributed by atoms with E-state index in [1.54, 1.807) is 6.92 Å². The second kappa shape index (κ2) is 7.92. The van der Waals surface area contributed by atoms with Crippen LogP contribution in [0.25, 0.3) is 5.69 Å². The van der Waals surface area contributed by atoms with Crippen LogP contribution >= 0.6 is 15.9 Å². The van der Waals surface area contributed by atoms with Gasteiger partial charge in [0.25, 0.3) is 0 Å². The molecule has 0 atom stereocenters. The van der Waals surface area contributed by atoms with Gasteiger partial charge >= 0.3 is 0 Å². The van der Waals surface area contributed by atoms with E-state index in [1.165, 1.54) is 4.80 Å². The van der Waals surface area contributed by atoms with E-state index in [-0.39, 0.29) is 5.71 Å². The molecule has 0 aliphatic heterocycles. The molecule has 0 saturated heterocycles. The van der Waals surface area contributed by atoms with E-state index in [0.29, 0.717) is 17.1 Å². The first-order valence-electron chi connectivity index (χ1n) is 7.86. The zero-order valence-corrected chi connectivity index (χ0v) is 15.8. The Kier molecular flexibility index (Phi) is 5.43. The summed E-state index contributed by atoms with van der Waals surface area (Å²) < 4.78 is 0.938. The molecular weight excluding hydrogens is 396 g/mol. The summed E-state index contributed by atoms with van der Waals surface area (Å²) in [5.74, 6) is 0. The van der Waals surface area contributed by atoms with E-state index in [2.05, 4.69) is 41.8 Å². The highest BCUT2D eigenvalue weighted by Gasteiger charge is 2.18. The average molecular weight is 413 g/mol. The Balaban J connectivity index is 1.87. The van der Waals surface area contributed by atoms with Crippen molar-refractivity contribution < 1.29 is 5.21 Å². The molecule has 132 valence electrons. The average Bonchev–Trinajstić information content (AvgIpc) is 3.03. The van der Waals surface area contributed by atoms with Crippen LogP contribution in [-0.4, -0.2) is 31.6 Å². The highest BCUT2D eigenvalue weighted by atomic mass is 79.9. The van der Waals surface area contributed by atoms with Gasteiger partial charge in [0.15, 0.2) is 5.71 Å². The number of hydrogen-bond acceptors (Lipinski definition) is 6. The fourth-order valence-electron chi connectivity index (χ4n) is 2.32.